The van der Waals surface area contributed by atoms with Crippen LogP contribution in [0, 0.1) is 19.8 Å². The number of nitrogens with zero attached hydrogens (tertiary/aromatic N) is 1. The van der Waals surface area contributed by atoms with Crippen LogP contribution in [-0.4, -0.2) is 47.2 Å². The van der Waals surface area contributed by atoms with E-state index < -0.39 is 12.0 Å². The number of ketones is 1. The SMILES string of the molecule is COC(=O)c1[nH]c(C)c(C(=O)C(C)N(CC2CCCCC2)C(=O)c2cccs2)c1C. The Hall–Kier alpha value is -2.41. The van der Waals surface area contributed by atoms with Crippen molar-refractivity contribution in [2.45, 2.75) is 58.9 Å². The number of aryl methyl sites for hydroxylation is 1. The largest absolute Gasteiger partial charge is 0.464 e. The highest BCUT2D eigenvalue weighted by atomic mass is 32.1. The van der Waals surface area contributed by atoms with Crippen LogP contribution in [0.3, 0.4) is 0 Å². The summed E-state index contributed by atoms with van der Waals surface area (Å²) in [7, 11) is 1.31. The zero-order chi connectivity index (χ0) is 21.8. The second kappa shape index (κ2) is 9.60. The van der Waals surface area contributed by atoms with Crippen molar-refractivity contribution in [2.75, 3.05) is 13.7 Å². The van der Waals surface area contributed by atoms with Crippen molar-refractivity contribution in [1.29, 1.82) is 0 Å². The molecule has 0 spiro atoms. The van der Waals surface area contributed by atoms with Crippen LogP contribution < -0.4 is 0 Å². The van der Waals surface area contributed by atoms with Crippen LogP contribution in [-0.2, 0) is 4.74 Å². The monoisotopic (exact) mass is 430 g/mol. The summed E-state index contributed by atoms with van der Waals surface area (Å²) < 4.78 is 4.82. The Labute approximate surface area is 181 Å². The zero-order valence-electron chi connectivity index (χ0n) is 18.1. The van der Waals surface area contributed by atoms with Gasteiger partial charge in [-0.15, -0.1) is 11.3 Å². The molecule has 1 saturated carbocycles. The molecule has 2 heterocycles. The van der Waals surface area contributed by atoms with E-state index in [-0.39, 0.29) is 17.4 Å². The average Bonchev–Trinajstić information content (AvgIpc) is 3.39. The van der Waals surface area contributed by atoms with Crippen molar-refractivity contribution < 1.29 is 19.1 Å². The summed E-state index contributed by atoms with van der Waals surface area (Å²) in [4.78, 5) is 44.2. The third kappa shape index (κ3) is 4.51. The lowest BCUT2D eigenvalue weighted by atomic mass is 9.88. The van der Waals surface area contributed by atoms with Gasteiger partial charge in [0.15, 0.2) is 5.78 Å². The minimum atomic E-state index is -0.625. The molecule has 1 aliphatic rings. The summed E-state index contributed by atoms with van der Waals surface area (Å²) in [5, 5.41) is 1.88. The Morgan fingerprint density at radius 2 is 1.93 bits per heavy atom. The molecular weight excluding hydrogens is 400 g/mol. The van der Waals surface area contributed by atoms with Gasteiger partial charge in [-0.25, -0.2) is 4.79 Å². The number of esters is 1. The van der Waals surface area contributed by atoms with Gasteiger partial charge in [0.2, 0.25) is 0 Å². The van der Waals surface area contributed by atoms with Crippen LogP contribution in [0.4, 0.5) is 0 Å². The molecule has 1 atom stereocenters. The maximum absolute atomic E-state index is 13.5. The summed E-state index contributed by atoms with van der Waals surface area (Å²) in [5.41, 5.74) is 1.94. The molecule has 1 amide bonds. The van der Waals surface area contributed by atoms with Gasteiger partial charge < -0.3 is 14.6 Å². The van der Waals surface area contributed by atoms with Gasteiger partial charge in [-0.2, -0.15) is 0 Å². The number of aromatic amines is 1. The number of amides is 1. The molecule has 0 aromatic carbocycles. The van der Waals surface area contributed by atoms with Gasteiger partial charge in [0.1, 0.15) is 5.69 Å². The second-order valence-corrected chi connectivity index (χ2v) is 9.04. The summed E-state index contributed by atoms with van der Waals surface area (Å²) >= 11 is 1.39. The van der Waals surface area contributed by atoms with Gasteiger partial charge in [0.25, 0.3) is 5.91 Å². The quantitative estimate of drug-likeness (QED) is 0.507. The molecule has 7 heteroatoms. The Kier molecular flexibility index (Phi) is 7.13. The van der Waals surface area contributed by atoms with E-state index in [4.69, 9.17) is 4.74 Å². The maximum atomic E-state index is 13.5. The molecular formula is C23H30N2O4S. The first-order valence-electron chi connectivity index (χ1n) is 10.5. The van der Waals surface area contributed by atoms with Crippen LogP contribution in [0.15, 0.2) is 17.5 Å². The number of thiophene rings is 1. The number of carbonyl (C=O) groups is 3. The second-order valence-electron chi connectivity index (χ2n) is 8.10. The maximum Gasteiger partial charge on any atom is 0.354 e. The summed E-state index contributed by atoms with van der Waals surface area (Å²) in [6.45, 7) is 5.88. The number of H-pyrrole nitrogens is 1. The fourth-order valence-electron chi connectivity index (χ4n) is 4.38. The molecule has 0 saturated heterocycles. The number of nitrogens with one attached hydrogen (secondary N) is 1. The Balaban J connectivity index is 1.91. The van der Waals surface area contributed by atoms with Crippen molar-refractivity contribution in [3.63, 3.8) is 0 Å². The van der Waals surface area contributed by atoms with Crippen LogP contribution in [0.1, 0.15) is 80.8 Å². The molecule has 6 nitrogen and oxygen atoms in total. The molecule has 1 fully saturated rings. The van der Waals surface area contributed by atoms with Gasteiger partial charge in [-0.1, -0.05) is 25.3 Å². The zero-order valence-corrected chi connectivity index (χ0v) is 18.9. The number of methoxy groups -OCH3 is 1. The summed E-state index contributed by atoms with van der Waals surface area (Å²) in [5.74, 6) is -0.347. The molecule has 1 unspecified atom stereocenters. The number of carbonyl (C=O) groups excluding carboxylic acids is 3. The van der Waals surface area contributed by atoms with Crippen LogP contribution in [0.2, 0.25) is 0 Å². The Morgan fingerprint density at radius 1 is 1.23 bits per heavy atom. The van der Waals surface area contributed by atoms with Crippen molar-refractivity contribution in [1.82, 2.24) is 9.88 Å². The Bertz CT molecular complexity index is 910. The topological polar surface area (TPSA) is 79.5 Å². The third-order valence-corrected chi connectivity index (χ3v) is 6.95. The van der Waals surface area contributed by atoms with Gasteiger partial charge in [-0.05, 0) is 56.5 Å². The highest BCUT2D eigenvalue weighted by Crippen LogP contribution is 2.28. The van der Waals surface area contributed by atoms with Crippen molar-refractivity contribution in [3.8, 4) is 0 Å². The van der Waals surface area contributed by atoms with Crippen molar-refractivity contribution in [3.05, 3.63) is 44.9 Å². The fourth-order valence-corrected chi connectivity index (χ4v) is 5.06. The smallest absolute Gasteiger partial charge is 0.354 e. The van der Waals surface area contributed by atoms with E-state index in [1.807, 2.05) is 11.4 Å². The first kappa shape index (κ1) is 22.3. The fraction of sp³-hybridized carbons (Fsp3) is 0.522. The summed E-state index contributed by atoms with van der Waals surface area (Å²) in [6.07, 6.45) is 5.76. The lowest BCUT2D eigenvalue weighted by Gasteiger charge is -2.33. The molecule has 3 rings (SSSR count). The number of hydrogen-bond acceptors (Lipinski definition) is 5. The molecule has 0 radical (unpaired) electrons. The highest BCUT2D eigenvalue weighted by molar-refractivity contribution is 7.12. The van der Waals surface area contributed by atoms with E-state index in [9.17, 15) is 14.4 Å². The van der Waals surface area contributed by atoms with Gasteiger partial charge in [0.05, 0.1) is 18.0 Å². The molecule has 162 valence electrons. The Morgan fingerprint density at radius 3 is 2.53 bits per heavy atom. The van der Waals surface area contributed by atoms with Crippen LogP contribution >= 0.6 is 11.3 Å². The van der Waals surface area contributed by atoms with E-state index in [0.29, 0.717) is 34.2 Å². The standard InChI is InChI=1S/C23H30N2O4S/c1-14-19(15(2)24-20(14)23(28)29-4)21(26)16(3)25(13-17-9-6-5-7-10-17)22(27)18-11-8-12-30-18/h8,11-12,16-17,24H,5-7,9-10,13H2,1-4H3. The van der Waals surface area contributed by atoms with Crippen LogP contribution in [0.5, 0.6) is 0 Å². The summed E-state index contributed by atoms with van der Waals surface area (Å²) in [6, 6.07) is 3.03. The number of ether oxygens (including phenoxy) is 1. The average molecular weight is 431 g/mol. The van der Waals surface area contributed by atoms with Crippen molar-refractivity contribution >= 4 is 29.0 Å². The highest BCUT2D eigenvalue weighted by Gasteiger charge is 2.33. The molecule has 0 aliphatic heterocycles. The third-order valence-electron chi connectivity index (χ3n) is 6.09. The molecule has 1 N–H and O–H groups in total. The number of Topliss-reactive ketones (excluding diaryl/α,β-unsaturated/α-hetero) is 1. The van der Waals surface area contributed by atoms with E-state index >= 15 is 0 Å². The lowest BCUT2D eigenvalue weighted by molar-refractivity contribution is 0.0580. The number of rotatable bonds is 7. The predicted molar refractivity (Wildman–Crippen MR) is 117 cm³/mol. The lowest BCUT2D eigenvalue weighted by Crippen LogP contribution is -2.46. The number of aromatic nitrogens is 1. The minimum absolute atomic E-state index is 0.101. The molecule has 0 bridgehead atoms. The predicted octanol–water partition coefficient (Wildman–Crippen LogP) is 4.77. The normalized spacial score (nSPS) is 15.6. The number of hydrogen-bond donors (Lipinski definition) is 1. The van der Waals surface area contributed by atoms with E-state index in [0.717, 1.165) is 12.8 Å². The van der Waals surface area contributed by atoms with Gasteiger partial charge >= 0.3 is 5.97 Å². The van der Waals surface area contributed by atoms with Gasteiger partial charge in [-0.3, -0.25) is 9.59 Å². The van der Waals surface area contributed by atoms with Crippen LogP contribution in [0.25, 0.3) is 0 Å². The molecule has 1 aliphatic carbocycles. The van der Waals surface area contributed by atoms with Gasteiger partial charge in [0, 0.05) is 17.8 Å². The van der Waals surface area contributed by atoms with E-state index in [2.05, 4.69) is 4.98 Å². The van der Waals surface area contributed by atoms with E-state index in [1.54, 1.807) is 31.7 Å². The molecule has 30 heavy (non-hydrogen) atoms. The first-order valence-corrected chi connectivity index (χ1v) is 11.4. The van der Waals surface area contributed by atoms with E-state index in [1.165, 1.54) is 37.7 Å². The first-order chi connectivity index (χ1) is 14.3. The minimum Gasteiger partial charge on any atom is -0.464 e. The van der Waals surface area contributed by atoms with Crippen molar-refractivity contribution in [2.24, 2.45) is 5.92 Å². The molecule has 2 aromatic heterocycles. The molecule has 2 aromatic rings.